The van der Waals surface area contributed by atoms with Gasteiger partial charge in [0.05, 0.1) is 5.69 Å². The second-order valence-corrected chi connectivity index (χ2v) is 8.59. The van der Waals surface area contributed by atoms with Crippen LogP contribution in [0.3, 0.4) is 0 Å². The SMILES string of the molecule is CC(C)(C)C(NC(=O)c1ccc(Cl)cc1)Nc1c(Nc2cccnc2Cl)c(=O)c1=O. The van der Waals surface area contributed by atoms with Crippen LogP contribution in [0.5, 0.6) is 0 Å². The molecular formula is C21H20Cl2N4O3. The molecule has 0 aliphatic carbocycles. The zero-order chi connectivity index (χ0) is 22.1. The van der Waals surface area contributed by atoms with Gasteiger partial charge < -0.3 is 16.0 Å². The number of pyridine rings is 1. The van der Waals surface area contributed by atoms with Crippen LogP contribution in [0.2, 0.25) is 10.2 Å². The van der Waals surface area contributed by atoms with Crippen LogP contribution in [0.25, 0.3) is 0 Å². The van der Waals surface area contributed by atoms with Crippen molar-refractivity contribution in [2.45, 2.75) is 26.9 Å². The van der Waals surface area contributed by atoms with E-state index in [4.69, 9.17) is 23.2 Å². The number of anilines is 3. The highest BCUT2D eigenvalue weighted by Crippen LogP contribution is 2.28. The molecule has 7 nitrogen and oxygen atoms in total. The molecule has 0 bridgehead atoms. The van der Waals surface area contributed by atoms with Gasteiger partial charge >= 0.3 is 0 Å². The number of aromatic nitrogens is 1. The molecule has 30 heavy (non-hydrogen) atoms. The van der Waals surface area contributed by atoms with Gasteiger partial charge in [-0.25, -0.2) is 4.98 Å². The van der Waals surface area contributed by atoms with Crippen LogP contribution < -0.4 is 26.8 Å². The standard InChI is InChI=1S/C21H20Cl2N4O3/c1-21(2,3)20(27-19(30)11-6-8-12(22)9-7-11)26-15-14(16(28)17(15)29)25-13-5-4-10-24-18(13)23/h4-10,20,25-26H,1-3H3,(H,27,30). The van der Waals surface area contributed by atoms with Crippen molar-refractivity contribution >= 4 is 46.2 Å². The van der Waals surface area contributed by atoms with Crippen LogP contribution in [-0.2, 0) is 0 Å². The van der Waals surface area contributed by atoms with Gasteiger partial charge in [-0.1, -0.05) is 44.0 Å². The number of hydrogen-bond donors (Lipinski definition) is 3. The minimum atomic E-state index is -0.674. The van der Waals surface area contributed by atoms with Crippen LogP contribution in [0, 0.1) is 5.41 Å². The van der Waals surface area contributed by atoms with Crippen molar-refractivity contribution in [2.75, 3.05) is 10.6 Å². The average molecular weight is 447 g/mol. The summed E-state index contributed by atoms with van der Waals surface area (Å²) in [4.78, 5) is 40.9. The van der Waals surface area contributed by atoms with Crippen LogP contribution in [0.4, 0.5) is 17.1 Å². The molecule has 1 heterocycles. The Bertz CT molecular complexity index is 1150. The molecule has 1 amide bonds. The Morgan fingerprint density at radius 2 is 1.63 bits per heavy atom. The van der Waals surface area contributed by atoms with Gasteiger partial charge in [0.15, 0.2) is 5.15 Å². The topological polar surface area (TPSA) is 100 Å². The second kappa shape index (κ2) is 8.45. The third kappa shape index (κ3) is 4.63. The molecule has 2 aromatic carbocycles. The first-order valence-corrected chi connectivity index (χ1v) is 9.87. The molecule has 0 aliphatic rings. The number of benzene rings is 1. The average Bonchev–Trinajstić information content (AvgIpc) is 2.70. The molecule has 1 aromatic heterocycles. The van der Waals surface area contributed by atoms with E-state index in [2.05, 4.69) is 20.9 Å². The first-order chi connectivity index (χ1) is 14.1. The largest absolute Gasteiger partial charge is 0.360 e. The number of rotatable bonds is 6. The number of halogens is 2. The highest BCUT2D eigenvalue weighted by Gasteiger charge is 2.31. The fraction of sp³-hybridized carbons (Fsp3) is 0.238. The monoisotopic (exact) mass is 446 g/mol. The van der Waals surface area contributed by atoms with E-state index in [1.807, 2.05) is 20.8 Å². The van der Waals surface area contributed by atoms with Gasteiger partial charge in [-0.15, -0.1) is 0 Å². The fourth-order valence-electron chi connectivity index (χ4n) is 2.69. The molecule has 1 atom stereocenters. The predicted molar refractivity (Wildman–Crippen MR) is 120 cm³/mol. The summed E-state index contributed by atoms with van der Waals surface area (Å²) < 4.78 is 0. The summed E-state index contributed by atoms with van der Waals surface area (Å²) in [5.41, 5.74) is -0.860. The van der Waals surface area contributed by atoms with E-state index < -0.39 is 22.4 Å². The van der Waals surface area contributed by atoms with Gasteiger partial charge in [0.1, 0.15) is 17.5 Å². The van der Waals surface area contributed by atoms with Gasteiger partial charge in [0.25, 0.3) is 16.8 Å². The normalized spacial score (nSPS) is 12.4. The molecule has 0 fully saturated rings. The zero-order valence-electron chi connectivity index (χ0n) is 16.5. The molecule has 1 unspecified atom stereocenters. The van der Waals surface area contributed by atoms with E-state index >= 15 is 0 Å². The summed E-state index contributed by atoms with van der Waals surface area (Å²) in [5.74, 6) is -0.345. The van der Waals surface area contributed by atoms with Gasteiger partial charge in [-0.05, 0) is 36.4 Å². The lowest BCUT2D eigenvalue weighted by molar-refractivity contribution is 0.0913. The van der Waals surface area contributed by atoms with Crippen LogP contribution >= 0.6 is 23.2 Å². The molecule has 0 aliphatic heterocycles. The molecule has 0 spiro atoms. The lowest BCUT2D eigenvalue weighted by Gasteiger charge is -2.33. The van der Waals surface area contributed by atoms with E-state index in [9.17, 15) is 14.4 Å². The Balaban J connectivity index is 1.84. The van der Waals surface area contributed by atoms with Gasteiger partial charge in [-0.2, -0.15) is 0 Å². The summed E-state index contributed by atoms with van der Waals surface area (Å²) >= 11 is 11.9. The number of carbonyl (C=O) groups is 1. The Morgan fingerprint density at radius 1 is 1.00 bits per heavy atom. The van der Waals surface area contributed by atoms with E-state index in [1.165, 1.54) is 6.20 Å². The third-order valence-electron chi connectivity index (χ3n) is 4.47. The molecule has 9 heteroatoms. The van der Waals surface area contributed by atoms with Crippen LogP contribution in [0.1, 0.15) is 31.1 Å². The first-order valence-electron chi connectivity index (χ1n) is 9.11. The van der Waals surface area contributed by atoms with Crippen molar-refractivity contribution in [3.05, 3.63) is 78.8 Å². The molecular weight excluding hydrogens is 427 g/mol. The van der Waals surface area contributed by atoms with E-state index in [0.717, 1.165) is 0 Å². The summed E-state index contributed by atoms with van der Waals surface area (Å²) in [6, 6.07) is 9.73. The second-order valence-electron chi connectivity index (χ2n) is 7.80. The maximum absolute atomic E-state index is 12.7. The molecule has 3 aromatic rings. The lowest BCUT2D eigenvalue weighted by Crippen LogP contribution is -2.51. The highest BCUT2D eigenvalue weighted by molar-refractivity contribution is 6.32. The molecule has 3 rings (SSSR count). The molecule has 0 saturated heterocycles. The number of hydrogen-bond acceptors (Lipinski definition) is 6. The summed E-state index contributed by atoms with van der Waals surface area (Å²) in [5, 5.41) is 9.40. The number of carbonyl (C=O) groups excluding carboxylic acids is 1. The van der Waals surface area contributed by atoms with Crippen molar-refractivity contribution in [3.8, 4) is 0 Å². The van der Waals surface area contributed by atoms with E-state index in [-0.39, 0.29) is 22.4 Å². The summed E-state index contributed by atoms with van der Waals surface area (Å²) in [6.45, 7) is 5.68. The minimum absolute atomic E-state index is 0.0740. The van der Waals surface area contributed by atoms with Crippen molar-refractivity contribution < 1.29 is 4.79 Å². The third-order valence-corrected chi connectivity index (χ3v) is 5.02. The smallest absolute Gasteiger partial charge is 0.253 e. The molecule has 156 valence electrons. The Labute approximate surface area is 183 Å². The van der Waals surface area contributed by atoms with E-state index in [0.29, 0.717) is 16.3 Å². The predicted octanol–water partition coefficient (Wildman–Crippen LogP) is 3.94. The molecule has 3 N–H and O–H groups in total. The maximum atomic E-state index is 12.7. The molecule has 0 saturated carbocycles. The number of nitrogens with one attached hydrogen (secondary N) is 3. The Kier molecular flexibility index (Phi) is 6.14. The van der Waals surface area contributed by atoms with Gasteiger partial charge in [0.2, 0.25) is 0 Å². The van der Waals surface area contributed by atoms with Crippen molar-refractivity contribution in [1.29, 1.82) is 0 Å². The number of amides is 1. The van der Waals surface area contributed by atoms with Crippen molar-refractivity contribution in [2.24, 2.45) is 5.41 Å². The van der Waals surface area contributed by atoms with Gasteiger partial charge in [-0.3, -0.25) is 14.4 Å². The van der Waals surface area contributed by atoms with Crippen LogP contribution in [0.15, 0.2) is 52.2 Å². The Hall–Kier alpha value is -2.90. The quantitative estimate of drug-likeness (QED) is 0.301. The highest BCUT2D eigenvalue weighted by atomic mass is 35.5. The minimum Gasteiger partial charge on any atom is -0.360 e. The van der Waals surface area contributed by atoms with E-state index in [1.54, 1.807) is 36.4 Å². The first kappa shape index (κ1) is 21.8. The lowest BCUT2D eigenvalue weighted by atomic mass is 9.91. The fourth-order valence-corrected chi connectivity index (χ4v) is 2.98. The number of nitrogens with zero attached hydrogens (tertiary/aromatic N) is 1. The van der Waals surface area contributed by atoms with Crippen LogP contribution in [-0.4, -0.2) is 17.1 Å². The maximum Gasteiger partial charge on any atom is 0.253 e. The van der Waals surface area contributed by atoms with Crippen molar-refractivity contribution in [3.63, 3.8) is 0 Å². The summed E-state index contributed by atoms with van der Waals surface area (Å²) in [6.07, 6.45) is 0.866. The van der Waals surface area contributed by atoms with Gasteiger partial charge in [0, 0.05) is 22.2 Å². The molecule has 0 radical (unpaired) electrons. The Morgan fingerprint density at radius 3 is 2.23 bits per heavy atom. The van der Waals surface area contributed by atoms with Crippen molar-refractivity contribution in [1.82, 2.24) is 10.3 Å². The zero-order valence-corrected chi connectivity index (χ0v) is 18.1. The summed E-state index contributed by atoms with van der Waals surface area (Å²) in [7, 11) is 0.